The molecule has 3 rings (SSSR count). The number of benzene rings is 2. The number of nitrogens with one attached hydrogen (secondary N) is 1. The lowest BCUT2D eigenvalue weighted by molar-refractivity contribution is 0.413. The van der Waals surface area contributed by atoms with Crippen molar-refractivity contribution >= 4 is 11.8 Å². The van der Waals surface area contributed by atoms with Crippen LogP contribution in [0.1, 0.15) is 18.4 Å². The molecule has 1 fully saturated rings. The summed E-state index contributed by atoms with van der Waals surface area (Å²) in [5.41, 5.74) is 1.01. The van der Waals surface area contributed by atoms with Gasteiger partial charge in [-0.3, -0.25) is 0 Å². The highest BCUT2D eigenvalue weighted by Crippen LogP contribution is 2.34. The van der Waals surface area contributed by atoms with Crippen LogP contribution in [0.5, 0.6) is 5.75 Å². The number of ether oxygens (including phenoxy) is 1. The number of rotatable bonds is 6. The summed E-state index contributed by atoms with van der Waals surface area (Å²) in [6.07, 6.45) is 2.46. The lowest BCUT2D eigenvalue weighted by Gasteiger charge is -2.11. The fourth-order valence-corrected chi connectivity index (χ4v) is 3.13. The van der Waals surface area contributed by atoms with Crippen LogP contribution in [-0.4, -0.2) is 13.2 Å². The molecule has 1 aliphatic rings. The zero-order chi connectivity index (χ0) is 14.7. The first-order valence-corrected chi connectivity index (χ1v) is 7.90. The van der Waals surface area contributed by atoms with Crippen molar-refractivity contribution in [2.75, 3.05) is 7.11 Å². The zero-order valence-corrected chi connectivity index (χ0v) is 12.8. The Bertz CT molecular complexity index is 628. The second kappa shape index (κ2) is 6.50. The first kappa shape index (κ1) is 14.4. The summed E-state index contributed by atoms with van der Waals surface area (Å²) in [5.74, 6) is 0.618. The maximum absolute atomic E-state index is 14.2. The molecule has 0 radical (unpaired) electrons. The fourth-order valence-electron chi connectivity index (χ4n) is 2.13. The largest absolute Gasteiger partial charge is 0.497 e. The van der Waals surface area contributed by atoms with E-state index in [0.29, 0.717) is 17.5 Å². The van der Waals surface area contributed by atoms with Crippen LogP contribution >= 0.6 is 11.8 Å². The van der Waals surface area contributed by atoms with Crippen molar-refractivity contribution in [3.8, 4) is 5.75 Å². The van der Waals surface area contributed by atoms with Crippen molar-refractivity contribution in [3.05, 3.63) is 53.8 Å². The van der Waals surface area contributed by atoms with Crippen molar-refractivity contribution in [1.29, 1.82) is 0 Å². The molecule has 2 aromatic rings. The summed E-state index contributed by atoms with van der Waals surface area (Å²) in [6.45, 7) is 0.717. The lowest BCUT2D eigenvalue weighted by Crippen LogP contribution is -2.16. The molecular formula is C17H18FNOS. The van der Waals surface area contributed by atoms with Gasteiger partial charge in [-0.05, 0) is 42.7 Å². The van der Waals surface area contributed by atoms with E-state index in [1.165, 1.54) is 30.7 Å². The summed E-state index contributed by atoms with van der Waals surface area (Å²) in [4.78, 5) is 1.67. The molecule has 0 aliphatic heterocycles. The zero-order valence-electron chi connectivity index (χ0n) is 11.9. The first-order valence-electron chi connectivity index (χ1n) is 7.09. The van der Waals surface area contributed by atoms with Crippen molar-refractivity contribution < 1.29 is 9.13 Å². The first-order chi connectivity index (χ1) is 10.3. The topological polar surface area (TPSA) is 21.3 Å². The van der Waals surface area contributed by atoms with Crippen LogP contribution in [0.15, 0.2) is 52.3 Å². The predicted octanol–water partition coefficient (Wildman–Crippen LogP) is 4.24. The molecule has 110 valence electrons. The van der Waals surface area contributed by atoms with Gasteiger partial charge in [0.25, 0.3) is 0 Å². The van der Waals surface area contributed by atoms with E-state index in [4.69, 9.17) is 4.74 Å². The van der Waals surface area contributed by atoms with Crippen molar-refractivity contribution in [2.24, 2.45) is 0 Å². The van der Waals surface area contributed by atoms with E-state index < -0.39 is 0 Å². The van der Waals surface area contributed by atoms with Crippen molar-refractivity contribution in [3.63, 3.8) is 0 Å². The fraction of sp³-hybridized carbons (Fsp3) is 0.294. The second-order valence-electron chi connectivity index (χ2n) is 5.16. The monoisotopic (exact) mass is 303 g/mol. The van der Waals surface area contributed by atoms with Gasteiger partial charge in [0.05, 0.1) is 12.0 Å². The van der Waals surface area contributed by atoms with Crippen molar-refractivity contribution in [2.45, 2.75) is 35.2 Å². The third-order valence-corrected chi connectivity index (χ3v) is 4.62. The minimum Gasteiger partial charge on any atom is -0.497 e. The Balaban J connectivity index is 1.81. The summed E-state index contributed by atoms with van der Waals surface area (Å²) in [6, 6.07) is 13.6. The highest BCUT2D eigenvalue weighted by Gasteiger charge is 2.21. The smallest absolute Gasteiger partial charge is 0.137 e. The Morgan fingerprint density at radius 3 is 2.81 bits per heavy atom. The van der Waals surface area contributed by atoms with Gasteiger partial charge in [0.1, 0.15) is 11.6 Å². The van der Waals surface area contributed by atoms with Gasteiger partial charge < -0.3 is 10.1 Å². The average Bonchev–Trinajstić information content (AvgIpc) is 3.32. The lowest BCUT2D eigenvalue weighted by atomic mass is 10.2. The Kier molecular flexibility index (Phi) is 4.46. The molecular weight excluding hydrogens is 285 g/mol. The van der Waals surface area contributed by atoms with E-state index >= 15 is 0 Å². The van der Waals surface area contributed by atoms with Gasteiger partial charge in [0.2, 0.25) is 0 Å². The molecule has 4 heteroatoms. The van der Waals surface area contributed by atoms with Crippen LogP contribution < -0.4 is 10.1 Å². The van der Waals surface area contributed by atoms with Crippen LogP contribution in [0.3, 0.4) is 0 Å². The van der Waals surface area contributed by atoms with Crippen LogP contribution in [-0.2, 0) is 6.54 Å². The van der Waals surface area contributed by atoms with Gasteiger partial charge in [0, 0.05) is 17.5 Å². The number of halogens is 1. The Hall–Kier alpha value is -1.52. The van der Waals surface area contributed by atoms with E-state index in [2.05, 4.69) is 5.32 Å². The highest BCUT2D eigenvalue weighted by atomic mass is 32.2. The molecule has 2 aromatic carbocycles. The van der Waals surface area contributed by atoms with Crippen LogP contribution in [0, 0.1) is 5.82 Å². The van der Waals surface area contributed by atoms with Crippen LogP contribution in [0.4, 0.5) is 4.39 Å². The summed E-state index contributed by atoms with van der Waals surface area (Å²) in [7, 11) is 1.64. The maximum atomic E-state index is 14.2. The number of hydrogen-bond acceptors (Lipinski definition) is 3. The van der Waals surface area contributed by atoms with Gasteiger partial charge >= 0.3 is 0 Å². The molecule has 0 bridgehead atoms. The number of hydrogen-bond donors (Lipinski definition) is 1. The number of methoxy groups -OCH3 is 1. The normalized spacial score (nSPS) is 14.2. The maximum Gasteiger partial charge on any atom is 0.137 e. The molecule has 0 unspecified atom stereocenters. The van der Waals surface area contributed by atoms with Gasteiger partial charge in [0.15, 0.2) is 0 Å². The second-order valence-corrected chi connectivity index (χ2v) is 6.25. The third-order valence-electron chi connectivity index (χ3n) is 3.47. The van der Waals surface area contributed by atoms with Gasteiger partial charge in [-0.15, -0.1) is 0 Å². The third kappa shape index (κ3) is 3.77. The molecule has 0 saturated heterocycles. The van der Waals surface area contributed by atoms with E-state index in [1.807, 2.05) is 30.3 Å². The molecule has 1 N–H and O–H groups in total. The minimum absolute atomic E-state index is 0.169. The van der Waals surface area contributed by atoms with E-state index in [1.54, 1.807) is 13.2 Å². The summed E-state index contributed by atoms with van der Waals surface area (Å²) in [5, 5.41) is 3.44. The predicted molar refractivity (Wildman–Crippen MR) is 83.4 cm³/mol. The Morgan fingerprint density at radius 2 is 2.05 bits per heavy atom. The van der Waals surface area contributed by atoms with Gasteiger partial charge in [-0.25, -0.2) is 4.39 Å². The molecule has 0 amide bonds. The van der Waals surface area contributed by atoms with E-state index in [-0.39, 0.29) is 5.82 Å². The minimum atomic E-state index is -0.169. The molecule has 0 heterocycles. The molecule has 0 spiro atoms. The molecule has 1 aliphatic carbocycles. The summed E-state index contributed by atoms with van der Waals surface area (Å²) >= 11 is 1.45. The van der Waals surface area contributed by atoms with E-state index in [9.17, 15) is 4.39 Å². The Labute approximate surface area is 128 Å². The molecule has 2 nitrogen and oxygen atoms in total. The van der Waals surface area contributed by atoms with Crippen LogP contribution in [0.25, 0.3) is 0 Å². The quantitative estimate of drug-likeness (QED) is 0.862. The average molecular weight is 303 g/mol. The molecule has 21 heavy (non-hydrogen) atoms. The summed E-state index contributed by atoms with van der Waals surface area (Å²) < 4.78 is 19.4. The molecule has 1 saturated carbocycles. The van der Waals surface area contributed by atoms with Gasteiger partial charge in [-0.2, -0.15) is 0 Å². The Morgan fingerprint density at radius 1 is 1.24 bits per heavy atom. The van der Waals surface area contributed by atoms with Crippen molar-refractivity contribution in [1.82, 2.24) is 5.32 Å². The van der Waals surface area contributed by atoms with E-state index in [0.717, 1.165) is 16.2 Å². The highest BCUT2D eigenvalue weighted by molar-refractivity contribution is 7.99. The standard InChI is InChI=1S/C17H18FNOS/c1-20-14-5-3-6-15(10-14)21-17-12(4-2-7-16(17)18)11-19-13-8-9-13/h2-7,10,13,19H,8-9,11H2,1H3. The molecule has 0 atom stereocenters. The SMILES string of the molecule is COc1cccc(Sc2c(F)cccc2CNC2CC2)c1. The van der Waals surface area contributed by atoms with Gasteiger partial charge in [-0.1, -0.05) is 30.0 Å². The van der Waals surface area contributed by atoms with Crippen LogP contribution in [0.2, 0.25) is 0 Å². The molecule has 0 aromatic heterocycles.